The number of nitrogens with one attached hydrogen (secondary N) is 1. The first-order valence-electron chi connectivity index (χ1n) is 10.2. The fourth-order valence-electron chi connectivity index (χ4n) is 3.41. The van der Waals surface area contributed by atoms with Gasteiger partial charge in [0.15, 0.2) is 0 Å². The summed E-state index contributed by atoms with van der Waals surface area (Å²) in [5.41, 5.74) is 5.33. The topological polar surface area (TPSA) is 64.7 Å². The summed E-state index contributed by atoms with van der Waals surface area (Å²) < 4.78 is 3.71. The van der Waals surface area contributed by atoms with E-state index in [1.807, 2.05) is 71.9 Å². The number of aromatic nitrogens is 4. The summed E-state index contributed by atoms with van der Waals surface area (Å²) in [7, 11) is 0. The molecule has 7 heteroatoms. The molecule has 1 amide bonds. The van der Waals surface area contributed by atoms with Crippen LogP contribution >= 0.6 is 11.6 Å². The summed E-state index contributed by atoms with van der Waals surface area (Å²) in [6.45, 7) is 5.20. The third-order valence-electron chi connectivity index (χ3n) is 5.21. The van der Waals surface area contributed by atoms with E-state index >= 15 is 0 Å². The molecule has 0 aliphatic heterocycles. The van der Waals surface area contributed by atoms with Crippen LogP contribution in [-0.2, 0) is 19.5 Å². The average molecular weight is 434 g/mol. The first-order chi connectivity index (χ1) is 15.0. The van der Waals surface area contributed by atoms with E-state index in [0.29, 0.717) is 22.8 Å². The van der Waals surface area contributed by atoms with Gasteiger partial charge in [-0.05, 0) is 43.5 Å². The third kappa shape index (κ3) is 5.03. The first kappa shape index (κ1) is 20.9. The molecular formula is C24H24ClN5O. The molecule has 0 saturated heterocycles. The van der Waals surface area contributed by atoms with Crippen LogP contribution in [0.3, 0.4) is 0 Å². The van der Waals surface area contributed by atoms with E-state index in [-0.39, 0.29) is 5.91 Å². The minimum absolute atomic E-state index is 0.164. The Hall–Kier alpha value is -3.38. The number of carbonyl (C=O) groups excluding carboxylic acids is 1. The fraction of sp³-hybridized carbons (Fsp3) is 0.208. The van der Waals surface area contributed by atoms with Crippen LogP contribution in [0.4, 0.5) is 5.69 Å². The molecule has 2 aromatic heterocycles. The van der Waals surface area contributed by atoms with Gasteiger partial charge in [0.25, 0.3) is 5.91 Å². The quantitative estimate of drug-likeness (QED) is 0.451. The average Bonchev–Trinajstić information content (AvgIpc) is 3.33. The zero-order chi connectivity index (χ0) is 21.8. The highest BCUT2D eigenvalue weighted by atomic mass is 35.5. The molecule has 0 radical (unpaired) electrons. The van der Waals surface area contributed by atoms with Crippen molar-refractivity contribution in [1.29, 1.82) is 0 Å². The molecule has 4 aromatic rings. The van der Waals surface area contributed by atoms with Crippen LogP contribution in [0.15, 0.2) is 67.0 Å². The summed E-state index contributed by atoms with van der Waals surface area (Å²) in [6.07, 6.45) is 4.41. The highest BCUT2D eigenvalue weighted by molar-refractivity contribution is 6.31. The number of rotatable bonds is 7. The van der Waals surface area contributed by atoms with Gasteiger partial charge in [0.05, 0.1) is 34.8 Å². The van der Waals surface area contributed by atoms with Crippen LogP contribution in [0.5, 0.6) is 0 Å². The lowest BCUT2D eigenvalue weighted by Crippen LogP contribution is -2.12. The Morgan fingerprint density at radius 2 is 1.77 bits per heavy atom. The van der Waals surface area contributed by atoms with Gasteiger partial charge in [-0.1, -0.05) is 54.1 Å². The molecule has 1 N–H and O–H groups in total. The summed E-state index contributed by atoms with van der Waals surface area (Å²) in [6, 6.07) is 17.8. The third-order valence-corrected chi connectivity index (χ3v) is 5.75. The minimum atomic E-state index is -0.164. The standard InChI is InChI=1S/C24H24ClN5O/c1-17-23(25)18(2)30(28-17)15-20-8-10-21(11-9-20)24(31)27-22-14-26-29(16-22)13-12-19-6-4-3-5-7-19/h3-11,14,16H,12-13,15H2,1-2H3,(H,27,31). The summed E-state index contributed by atoms with van der Waals surface area (Å²) >= 11 is 6.22. The van der Waals surface area contributed by atoms with E-state index in [4.69, 9.17) is 11.6 Å². The monoisotopic (exact) mass is 433 g/mol. The second-order valence-corrected chi connectivity index (χ2v) is 7.90. The zero-order valence-corrected chi connectivity index (χ0v) is 18.3. The maximum Gasteiger partial charge on any atom is 0.255 e. The second kappa shape index (κ2) is 9.18. The Morgan fingerprint density at radius 1 is 1.03 bits per heavy atom. The Morgan fingerprint density at radius 3 is 2.45 bits per heavy atom. The molecule has 2 aromatic carbocycles. The molecule has 158 valence electrons. The van der Waals surface area contributed by atoms with Gasteiger partial charge in [-0.25, -0.2) is 0 Å². The highest BCUT2D eigenvalue weighted by Gasteiger charge is 2.11. The van der Waals surface area contributed by atoms with Gasteiger partial charge >= 0.3 is 0 Å². The van der Waals surface area contributed by atoms with E-state index in [1.165, 1.54) is 5.56 Å². The number of hydrogen-bond donors (Lipinski definition) is 1. The normalized spacial score (nSPS) is 10.9. The summed E-state index contributed by atoms with van der Waals surface area (Å²) in [5.74, 6) is -0.164. The van der Waals surface area contributed by atoms with Gasteiger partial charge in [-0.2, -0.15) is 10.2 Å². The lowest BCUT2D eigenvalue weighted by molar-refractivity contribution is 0.102. The van der Waals surface area contributed by atoms with Gasteiger partial charge in [0.1, 0.15) is 0 Å². The highest BCUT2D eigenvalue weighted by Crippen LogP contribution is 2.20. The number of anilines is 1. The van der Waals surface area contributed by atoms with Crippen molar-refractivity contribution in [2.75, 3.05) is 5.32 Å². The number of aryl methyl sites for hydroxylation is 3. The van der Waals surface area contributed by atoms with Crippen molar-refractivity contribution in [3.63, 3.8) is 0 Å². The van der Waals surface area contributed by atoms with Gasteiger partial charge in [0, 0.05) is 18.3 Å². The van der Waals surface area contributed by atoms with E-state index in [2.05, 4.69) is 27.6 Å². The molecule has 0 aliphatic carbocycles. The second-order valence-electron chi connectivity index (χ2n) is 7.52. The van der Waals surface area contributed by atoms with Crippen molar-refractivity contribution >= 4 is 23.2 Å². The zero-order valence-electron chi connectivity index (χ0n) is 17.5. The number of benzene rings is 2. The van der Waals surface area contributed by atoms with E-state index < -0.39 is 0 Å². The molecule has 0 fully saturated rings. The predicted octanol–water partition coefficient (Wildman–Crippen LogP) is 4.89. The van der Waals surface area contributed by atoms with Gasteiger partial charge in [-0.3, -0.25) is 14.2 Å². The number of amides is 1. The van der Waals surface area contributed by atoms with Crippen molar-refractivity contribution in [3.05, 3.63) is 100 Å². The molecule has 0 spiro atoms. The molecule has 0 bridgehead atoms. The van der Waals surface area contributed by atoms with Crippen molar-refractivity contribution in [2.45, 2.75) is 33.4 Å². The van der Waals surface area contributed by atoms with Crippen molar-refractivity contribution in [2.24, 2.45) is 0 Å². The van der Waals surface area contributed by atoms with E-state index in [9.17, 15) is 4.79 Å². The molecule has 0 atom stereocenters. The predicted molar refractivity (Wildman–Crippen MR) is 123 cm³/mol. The Bertz CT molecular complexity index is 1180. The van der Waals surface area contributed by atoms with Crippen LogP contribution in [0.1, 0.15) is 32.9 Å². The molecule has 0 aliphatic rings. The van der Waals surface area contributed by atoms with E-state index in [1.54, 1.807) is 6.20 Å². The Kier molecular flexibility index (Phi) is 6.18. The maximum atomic E-state index is 12.6. The summed E-state index contributed by atoms with van der Waals surface area (Å²) in [5, 5.41) is 12.4. The van der Waals surface area contributed by atoms with Crippen LogP contribution in [-0.4, -0.2) is 25.5 Å². The number of carbonyl (C=O) groups is 1. The molecule has 6 nitrogen and oxygen atoms in total. The largest absolute Gasteiger partial charge is 0.319 e. The van der Waals surface area contributed by atoms with Crippen LogP contribution in [0.25, 0.3) is 0 Å². The Balaban J connectivity index is 1.34. The van der Waals surface area contributed by atoms with Gasteiger partial charge < -0.3 is 5.32 Å². The minimum Gasteiger partial charge on any atom is -0.319 e. The molecule has 31 heavy (non-hydrogen) atoms. The smallest absolute Gasteiger partial charge is 0.255 e. The van der Waals surface area contributed by atoms with Gasteiger partial charge in [0.2, 0.25) is 0 Å². The lowest BCUT2D eigenvalue weighted by atomic mass is 10.1. The molecule has 2 heterocycles. The summed E-state index contributed by atoms with van der Waals surface area (Å²) in [4.78, 5) is 12.6. The van der Waals surface area contributed by atoms with Crippen molar-refractivity contribution in [3.8, 4) is 0 Å². The van der Waals surface area contributed by atoms with Crippen molar-refractivity contribution in [1.82, 2.24) is 19.6 Å². The SMILES string of the molecule is Cc1nn(Cc2ccc(C(=O)Nc3cnn(CCc4ccccc4)c3)cc2)c(C)c1Cl. The molecular weight excluding hydrogens is 410 g/mol. The number of nitrogens with zero attached hydrogens (tertiary/aromatic N) is 4. The molecule has 0 saturated carbocycles. The molecule has 0 unspecified atom stereocenters. The van der Waals surface area contributed by atoms with E-state index in [0.717, 1.165) is 29.9 Å². The number of hydrogen-bond acceptors (Lipinski definition) is 3. The van der Waals surface area contributed by atoms with Crippen LogP contribution in [0, 0.1) is 13.8 Å². The first-order valence-corrected chi connectivity index (χ1v) is 10.5. The maximum absolute atomic E-state index is 12.6. The van der Waals surface area contributed by atoms with Crippen molar-refractivity contribution < 1.29 is 4.79 Å². The van der Waals surface area contributed by atoms with Crippen LogP contribution in [0.2, 0.25) is 5.02 Å². The van der Waals surface area contributed by atoms with Crippen LogP contribution < -0.4 is 5.32 Å². The molecule has 4 rings (SSSR count). The lowest BCUT2D eigenvalue weighted by Gasteiger charge is -2.07. The Labute approximate surface area is 186 Å². The number of halogens is 1. The fourth-order valence-corrected chi connectivity index (χ4v) is 3.54. The van der Waals surface area contributed by atoms with Gasteiger partial charge in [-0.15, -0.1) is 0 Å².